The first kappa shape index (κ1) is 21.2. The van der Waals surface area contributed by atoms with Crippen molar-refractivity contribution in [1.82, 2.24) is 4.31 Å². The second kappa shape index (κ2) is 8.07. The summed E-state index contributed by atoms with van der Waals surface area (Å²) in [4.78, 5) is 11.9. The normalized spacial score (nSPS) is 16.0. The van der Waals surface area contributed by atoms with Crippen LogP contribution in [-0.4, -0.2) is 31.7 Å². The first-order valence-corrected chi connectivity index (χ1v) is 9.94. The van der Waals surface area contributed by atoms with Gasteiger partial charge < -0.3 is 5.32 Å². The van der Waals surface area contributed by atoms with Crippen LogP contribution >= 0.6 is 0 Å². The third-order valence-electron chi connectivity index (χ3n) is 4.62. The lowest BCUT2D eigenvalue weighted by Gasteiger charge is -2.30. The zero-order chi connectivity index (χ0) is 21.3. The Balaban J connectivity index is 1.66. The number of hydrogen-bond donors (Lipinski definition) is 1. The summed E-state index contributed by atoms with van der Waals surface area (Å²) in [6, 6.07) is 3.06. The van der Waals surface area contributed by atoms with E-state index in [0.29, 0.717) is 24.3 Å². The largest absolute Gasteiger partial charge is 0.323 e. The van der Waals surface area contributed by atoms with Crippen LogP contribution < -0.4 is 5.32 Å². The molecule has 0 spiro atoms. The van der Waals surface area contributed by atoms with Crippen molar-refractivity contribution >= 4 is 21.6 Å². The molecular formula is C18H15F5N2O3S. The van der Waals surface area contributed by atoms with Crippen molar-refractivity contribution in [2.45, 2.75) is 17.7 Å². The van der Waals surface area contributed by atoms with Crippen molar-refractivity contribution in [2.75, 3.05) is 18.4 Å². The zero-order valence-electron chi connectivity index (χ0n) is 14.8. The Labute approximate surface area is 163 Å². The van der Waals surface area contributed by atoms with Crippen LogP contribution in [0.25, 0.3) is 0 Å². The summed E-state index contributed by atoms with van der Waals surface area (Å²) in [6.07, 6.45) is 0.139. The second-order valence-corrected chi connectivity index (χ2v) is 8.43. The fraction of sp³-hybridized carbons (Fsp3) is 0.278. The molecule has 3 rings (SSSR count). The number of anilines is 1. The van der Waals surface area contributed by atoms with Gasteiger partial charge in [0.1, 0.15) is 5.82 Å². The summed E-state index contributed by atoms with van der Waals surface area (Å²) >= 11 is 0. The average Bonchev–Trinajstić information content (AvgIpc) is 2.68. The number of piperidine rings is 1. The molecule has 156 valence electrons. The zero-order valence-corrected chi connectivity index (χ0v) is 15.6. The van der Waals surface area contributed by atoms with Crippen LogP contribution in [0.4, 0.5) is 27.6 Å². The number of nitrogens with zero attached hydrogens (tertiary/aromatic N) is 1. The summed E-state index contributed by atoms with van der Waals surface area (Å²) in [5.41, 5.74) is -0.522. The Morgan fingerprint density at radius 1 is 0.862 bits per heavy atom. The quantitative estimate of drug-likeness (QED) is 0.593. The molecule has 11 heteroatoms. The molecule has 0 aliphatic carbocycles. The lowest BCUT2D eigenvalue weighted by Crippen LogP contribution is -2.41. The van der Waals surface area contributed by atoms with E-state index in [1.165, 1.54) is 0 Å². The van der Waals surface area contributed by atoms with Crippen LogP contribution in [0, 0.1) is 35.0 Å². The van der Waals surface area contributed by atoms with Gasteiger partial charge in [-0.1, -0.05) is 0 Å². The minimum Gasteiger partial charge on any atom is -0.323 e. The highest BCUT2D eigenvalue weighted by atomic mass is 32.2. The molecule has 1 saturated heterocycles. The van der Waals surface area contributed by atoms with E-state index in [-0.39, 0.29) is 25.9 Å². The molecule has 29 heavy (non-hydrogen) atoms. The van der Waals surface area contributed by atoms with E-state index < -0.39 is 61.5 Å². The number of halogens is 5. The van der Waals surface area contributed by atoms with Gasteiger partial charge in [0.05, 0.1) is 10.6 Å². The smallest absolute Gasteiger partial charge is 0.243 e. The van der Waals surface area contributed by atoms with Crippen molar-refractivity contribution in [3.05, 3.63) is 59.4 Å². The van der Waals surface area contributed by atoms with Gasteiger partial charge in [0.15, 0.2) is 23.3 Å². The van der Waals surface area contributed by atoms with E-state index in [9.17, 15) is 35.2 Å². The SMILES string of the molecule is O=C(Nc1cc(F)c(F)cc1F)C1CCN(S(=O)(=O)c2ccc(F)c(F)c2)CC1. The number of amides is 1. The summed E-state index contributed by atoms with van der Waals surface area (Å²) in [5, 5.41) is 2.17. The second-order valence-electron chi connectivity index (χ2n) is 6.49. The van der Waals surface area contributed by atoms with Gasteiger partial charge in [-0.05, 0) is 31.0 Å². The van der Waals surface area contributed by atoms with E-state index >= 15 is 0 Å². The van der Waals surface area contributed by atoms with E-state index in [4.69, 9.17) is 0 Å². The van der Waals surface area contributed by atoms with E-state index in [2.05, 4.69) is 5.32 Å². The van der Waals surface area contributed by atoms with Gasteiger partial charge in [-0.2, -0.15) is 4.31 Å². The number of nitrogens with one attached hydrogen (secondary N) is 1. The maximum absolute atomic E-state index is 13.7. The molecule has 2 aromatic rings. The van der Waals surface area contributed by atoms with Gasteiger partial charge in [0.2, 0.25) is 15.9 Å². The molecule has 0 radical (unpaired) electrons. The molecule has 1 fully saturated rings. The fourth-order valence-corrected chi connectivity index (χ4v) is 4.48. The van der Waals surface area contributed by atoms with Crippen molar-refractivity contribution in [3.8, 4) is 0 Å². The van der Waals surface area contributed by atoms with E-state index in [0.717, 1.165) is 10.4 Å². The number of carbonyl (C=O) groups is 1. The highest BCUT2D eigenvalue weighted by Gasteiger charge is 2.33. The van der Waals surface area contributed by atoms with Crippen molar-refractivity contribution in [2.24, 2.45) is 5.92 Å². The van der Waals surface area contributed by atoms with Crippen LogP contribution in [-0.2, 0) is 14.8 Å². The number of hydrogen-bond acceptors (Lipinski definition) is 3. The Morgan fingerprint density at radius 2 is 1.45 bits per heavy atom. The maximum Gasteiger partial charge on any atom is 0.243 e. The van der Waals surface area contributed by atoms with Crippen molar-refractivity contribution in [3.63, 3.8) is 0 Å². The van der Waals surface area contributed by atoms with E-state index in [1.54, 1.807) is 0 Å². The average molecular weight is 434 g/mol. The van der Waals surface area contributed by atoms with Crippen LogP contribution in [0.3, 0.4) is 0 Å². The molecule has 1 heterocycles. The highest BCUT2D eigenvalue weighted by molar-refractivity contribution is 7.89. The predicted octanol–water partition coefficient (Wildman–Crippen LogP) is 3.42. The Kier molecular flexibility index (Phi) is 5.90. The lowest BCUT2D eigenvalue weighted by atomic mass is 9.97. The predicted molar refractivity (Wildman–Crippen MR) is 92.8 cm³/mol. The third kappa shape index (κ3) is 4.40. The van der Waals surface area contributed by atoms with Crippen LogP contribution in [0.1, 0.15) is 12.8 Å². The molecule has 1 N–H and O–H groups in total. The fourth-order valence-electron chi connectivity index (χ4n) is 3.00. The molecular weight excluding hydrogens is 419 g/mol. The highest BCUT2D eigenvalue weighted by Crippen LogP contribution is 2.26. The summed E-state index contributed by atoms with van der Waals surface area (Å²) in [5.74, 6) is -7.70. The standard InChI is InChI=1S/C18H15F5N2O3S/c19-12-2-1-11(7-13(12)20)29(27,28)25-5-3-10(4-6-25)18(26)24-17-9-15(22)14(21)8-16(17)23/h1-2,7-10H,3-6H2,(H,24,26). The number of benzene rings is 2. The minimum atomic E-state index is -4.08. The lowest BCUT2D eigenvalue weighted by molar-refractivity contribution is -0.120. The van der Waals surface area contributed by atoms with Crippen molar-refractivity contribution < 1.29 is 35.2 Å². The minimum absolute atomic E-state index is 0.0695. The molecule has 2 aromatic carbocycles. The van der Waals surface area contributed by atoms with E-state index in [1.807, 2.05) is 0 Å². The van der Waals surface area contributed by atoms with Crippen LogP contribution in [0.5, 0.6) is 0 Å². The van der Waals surface area contributed by atoms with Gasteiger partial charge in [0.25, 0.3) is 0 Å². The van der Waals surface area contributed by atoms with Gasteiger partial charge in [-0.25, -0.2) is 30.4 Å². The number of sulfonamides is 1. The van der Waals surface area contributed by atoms with Crippen LogP contribution in [0.15, 0.2) is 35.2 Å². The summed E-state index contributed by atoms with van der Waals surface area (Å²) < 4.78 is 92.3. The molecule has 0 saturated carbocycles. The molecule has 1 aliphatic rings. The summed E-state index contributed by atoms with van der Waals surface area (Å²) in [6.45, 7) is -0.167. The first-order valence-electron chi connectivity index (χ1n) is 8.50. The number of rotatable bonds is 4. The topological polar surface area (TPSA) is 66.5 Å². The number of carbonyl (C=O) groups excluding carboxylic acids is 1. The molecule has 0 bridgehead atoms. The molecule has 0 unspecified atom stereocenters. The first-order chi connectivity index (χ1) is 13.6. The third-order valence-corrected chi connectivity index (χ3v) is 6.52. The molecule has 0 aromatic heterocycles. The Morgan fingerprint density at radius 3 is 2.07 bits per heavy atom. The maximum atomic E-state index is 13.7. The van der Waals surface area contributed by atoms with Gasteiger partial charge in [0, 0.05) is 31.1 Å². The molecule has 0 atom stereocenters. The van der Waals surface area contributed by atoms with Gasteiger partial charge in [-0.3, -0.25) is 4.79 Å². The molecule has 1 aliphatic heterocycles. The Hall–Kier alpha value is -2.53. The molecule has 5 nitrogen and oxygen atoms in total. The monoisotopic (exact) mass is 434 g/mol. The van der Waals surface area contributed by atoms with Crippen LogP contribution in [0.2, 0.25) is 0 Å². The Bertz CT molecular complexity index is 1050. The van der Waals surface area contributed by atoms with Gasteiger partial charge in [-0.15, -0.1) is 0 Å². The summed E-state index contributed by atoms with van der Waals surface area (Å²) in [7, 11) is -4.08. The molecule has 1 amide bonds. The van der Waals surface area contributed by atoms with Crippen molar-refractivity contribution in [1.29, 1.82) is 0 Å². The van der Waals surface area contributed by atoms with Gasteiger partial charge >= 0.3 is 0 Å².